The minimum Gasteiger partial charge on any atom is -0.497 e. The standard InChI is InChI=1S/C38H45N7O7S2/c1-5-44-23-31(24-45(44)6-2)40-37(47)38(48)42-41-28-14-16-29(17-15-28)43-54(49,50)34-9-7-8-30(22-34)39-35(46)25-53-36(26-10-18-32(51-3)19-11-26)27-12-20-33(52-4)21-13-27/h7-22,31,36,41,43H,5-6,23-25H2,1-4H3,(H,39,46)(H,40,47)(H,42,48). The van der Waals surface area contributed by atoms with Crippen LogP contribution >= 0.6 is 11.8 Å². The van der Waals surface area contributed by atoms with Crippen LogP contribution in [-0.2, 0) is 24.4 Å². The molecule has 1 aliphatic rings. The molecule has 1 saturated heterocycles. The van der Waals surface area contributed by atoms with Crippen molar-refractivity contribution in [2.24, 2.45) is 0 Å². The van der Waals surface area contributed by atoms with Crippen molar-refractivity contribution in [2.45, 2.75) is 30.0 Å². The van der Waals surface area contributed by atoms with E-state index in [0.717, 1.165) is 35.7 Å². The molecule has 0 atom stereocenters. The number of sulfonamides is 1. The monoisotopic (exact) mass is 775 g/mol. The number of carbonyl (C=O) groups is 3. The predicted octanol–water partition coefficient (Wildman–Crippen LogP) is 4.47. The number of methoxy groups -OCH3 is 2. The molecule has 54 heavy (non-hydrogen) atoms. The number of rotatable bonds is 16. The number of hydrazine groups is 2. The van der Waals surface area contributed by atoms with Gasteiger partial charge in [-0.2, -0.15) is 0 Å². The highest BCUT2D eigenvalue weighted by Gasteiger charge is 2.30. The number of benzene rings is 4. The van der Waals surface area contributed by atoms with Crippen LogP contribution in [0, 0.1) is 0 Å². The maximum Gasteiger partial charge on any atom is 0.327 e. The second-order valence-electron chi connectivity index (χ2n) is 12.3. The Morgan fingerprint density at radius 1 is 0.759 bits per heavy atom. The van der Waals surface area contributed by atoms with E-state index >= 15 is 0 Å². The summed E-state index contributed by atoms with van der Waals surface area (Å²) in [5, 5.41) is 9.65. The zero-order chi connectivity index (χ0) is 38.7. The number of amides is 3. The topological polar surface area (TPSA) is 170 Å². The molecule has 1 heterocycles. The highest BCUT2D eigenvalue weighted by Crippen LogP contribution is 2.37. The number of carbonyl (C=O) groups excluding carboxylic acids is 3. The number of nitrogens with one attached hydrogen (secondary N) is 5. The lowest BCUT2D eigenvalue weighted by Gasteiger charge is -2.24. The first-order chi connectivity index (χ1) is 26.0. The van der Waals surface area contributed by atoms with Crippen molar-refractivity contribution < 1.29 is 32.3 Å². The van der Waals surface area contributed by atoms with Gasteiger partial charge in [0.05, 0.1) is 41.8 Å². The van der Waals surface area contributed by atoms with Crippen LogP contribution in [0.15, 0.2) is 102 Å². The summed E-state index contributed by atoms with van der Waals surface area (Å²) in [6.07, 6.45) is 0. The molecule has 0 bridgehead atoms. The quantitative estimate of drug-likeness (QED) is 0.0805. The lowest BCUT2D eigenvalue weighted by molar-refractivity contribution is -0.139. The molecule has 0 unspecified atom stereocenters. The average Bonchev–Trinajstić information content (AvgIpc) is 3.59. The van der Waals surface area contributed by atoms with Crippen LogP contribution < -0.4 is 35.7 Å². The molecule has 0 radical (unpaired) electrons. The molecule has 0 aliphatic carbocycles. The van der Waals surface area contributed by atoms with Gasteiger partial charge in [0.2, 0.25) is 5.91 Å². The van der Waals surface area contributed by atoms with E-state index < -0.39 is 21.8 Å². The van der Waals surface area contributed by atoms with E-state index in [4.69, 9.17) is 9.47 Å². The second-order valence-corrected chi connectivity index (χ2v) is 15.0. The van der Waals surface area contributed by atoms with Gasteiger partial charge in [-0.1, -0.05) is 44.2 Å². The second kappa shape index (κ2) is 18.6. The number of hydrogen-bond donors (Lipinski definition) is 5. The van der Waals surface area contributed by atoms with E-state index in [1.165, 1.54) is 36.0 Å². The van der Waals surface area contributed by atoms with Crippen LogP contribution in [0.2, 0.25) is 0 Å². The molecule has 4 aromatic rings. The highest BCUT2D eigenvalue weighted by molar-refractivity contribution is 8.00. The van der Waals surface area contributed by atoms with Crippen LogP contribution in [-0.4, -0.2) is 88.4 Å². The predicted molar refractivity (Wildman–Crippen MR) is 211 cm³/mol. The summed E-state index contributed by atoms with van der Waals surface area (Å²) in [6, 6.07) is 27.2. The third-order valence-electron chi connectivity index (χ3n) is 8.64. The molecular formula is C38H45N7O7S2. The van der Waals surface area contributed by atoms with Gasteiger partial charge in [0, 0.05) is 37.6 Å². The SMILES string of the molecule is CCN1CC(NC(=O)C(=O)NNc2ccc(NS(=O)(=O)c3cccc(NC(=O)CSC(c4ccc(OC)cc4)c4ccc(OC)cc4)c3)cc2)CN1CC. The Bertz CT molecular complexity index is 1940. The number of ether oxygens (including phenoxy) is 2. The van der Waals surface area contributed by atoms with Gasteiger partial charge < -0.3 is 20.1 Å². The van der Waals surface area contributed by atoms with E-state index in [0.29, 0.717) is 24.5 Å². The fourth-order valence-electron chi connectivity index (χ4n) is 5.86. The number of likely N-dealkylation sites (N-methyl/N-ethyl adjacent to an activating group) is 2. The molecule has 16 heteroatoms. The molecule has 3 amide bonds. The van der Waals surface area contributed by atoms with E-state index in [1.807, 2.05) is 62.4 Å². The molecule has 14 nitrogen and oxygen atoms in total. The lowest BCUT2D eigenvalue weighted by atomic mass is 10.0. The van der Waals surface area contributed by atoms with E-state index in [-0.39, 0.29) is 33.5 Å². The fraction of sp³-hybridized carbons (Fsp3) is 0.289. The van der Waals surface area contributed by atoms with E-state index in [1.54, 1.807) is 38.5 Å². The third kappa shape index (κ3) is 10.7. The fourth-order valence-corrected chi connectivity index (χ4v) is 8.05. The molecular weight excluding hydrogens is 731 g/mol. The zero-order valence-corrected chi connectivity index (χ0v) is 32.1. The highest BCUT2D eigenvalue weighted by atomic mass is 32.2. The number of anilines is 3. The zero-order valence-electron chi connectivity index (χ0n) is 30.5. The van der Waals surface area contributed by atoms with Gasteiger partial charge in [0.15, 0.2) is 0 Å². The lowest BCUT2D eigenvalue weighted by Crippen LogP contribution is -2.47. The summed E-state index contributed by atoms with van der Waals surface area (Å²) in [5.74, 6) is -0.357. The van der Waals surface area contributed by atoms with Gasteiger partial charge in [-0.3, -0.25) is 30.0 Å². The summed E-state index contributed by atoms with van der Waals surface area (Å²) in [4.78, 5) is 37.9. The van der Waals surface area contributed by atoms with E-state index in [9.17, 15) is 22.8 Å². The first-order valence-corrected chi connectivity index (χ1v) is 19.8. The number of nitrogens with zero attached hydrogens (tertiary/aromatic N) is 2. The van der Waals surface area contributed by atoms with Crippen molar-refractivity contribution in [1.29, 1.82) is 0 Å². The van der Waals surface area contributed by atoms with Crippen molar-refractivity contribution in [1.82, 2.24) is 20.8 Å². The summed E-state index contributed by atoms with van der Waals surface area (Å²) >= 11 is 1.43. The molecule has 0 saturated carbocycles. The number of hydrogen-bond acceptors (Lipinski definition) is 11. The molecule has 1 fully saturated rings. The van der Waals surface area contributed by atoms with Crippen molar-refractivity contribution in [3.05, 3.63) is 108 Å². The summed E-state index contributed by atoms with van der Waals surface area (Å²) in [5.41, 5.74) is 8.03. The maximum atomic E-state index is 13.3. The smallest absolute Gasteiger partial charge is 0.327 e. The molecule has 1 aliphatic heterocycles. The average molecular weight is 776 g/mol. The first-order valence-electron chi connectivity index (χ1n) is 17.3. The van der Waals surface area contributed by atoms with Gasteiger partial charge in [-0.15, -0.1) is 11.8 Å². The van der Waals surface area contributed by atoms with Gasteiger partial charge in [-0.05, 0) is 77.9 Å². The number of thioether (sulfide) groups is 1. The van der Waals surface area contributed by atoms with Gasteiger partial charge in [0.1, 0.15) is 11.5 Å². The Labute approximate surface area is 320 Å². The molecule has 5 rings (SSSR count). The van der Waals surface area contributed by atoms with Crippen LogP contribution in [0.1, 0.15) is 30.2 Å². The molecule has 4 aromatic carbocycles. The van der Waals surface area contributed by atoms with Gasteiger partial charge in [0.25, 0.3) is 10.0 Å². The Kier molecular flexibility index (Phi) is 13.8. The Morgan fingerprint density at radius 3 is 1.85 bits per heavy atom. The minimum atomic E-state index is -4.03. The summed E-state index contributed by atoms with van der Waals surface area (Å²) < 4.78 is 39.7. The Balaban J connectivity index is 1.14. The Hall–Kier alpha value is -5.29. The molecule has 0 aromatic heterocycles. The van der Waals surface area contributed by atoms with Crippen LogP contribution in [0.3, 0.4) is 0 Å². The summed E-state index contributed by atoms with van der Waals surface area (Å²) in [7, 11) is -0.823. The molecule has 286 valence electrons. The largest absolute Gasteiger partial charge is 0.497 e. The van der Waals surface area contributed by atoms with Crippen molar-refractivity contribution in [2.75, 3.05) is 61.6 Å². The molecule has 0 spiro atoms. The molecule has 5 N–H and O–H groups in total. The Morgan fingerprint density at radius 2 is 1.31 bits per heavy atom. The van der Waals surface area contributed by atoms with E-state index in [2.05, 4.69) is 36.2 Å². The third-order valence-corrected chi connectivity index (χ3v) is 11.3. The van der Waals surface area contributed by atoms with Crippen molar-refractivity contribution in [3.63, 3.8) is 0 Å². The minimum absolute atomic E-state index is 0.0471. The van der Waals surface area contributed by atoms with Crippen molar-refractivity contribution in [3.8, 4) is 11.5 Å². The van der Waals surface area contributed by atoms with Gasteiger partial charge in [-0.25, -0.2) is 18.4 Å². The van der Waals surface area contributed by atoms with Crippen molar-refractivity contribution >= 4 is 56.6 Å². The maximum absolute atomic E-state index is 13.3. The van der Waals surface area contributed by atoms with Crippen LogP contribution in [0.5, 0.6) is 11.5 Å². The van der Waals surface area contributed by atoms with Gasteiger partial charge >= 0.3 is 11.8 Å². The van der Waals surface area contributed by atoms with Crippen LogP contribution in [0.4, 0.5) is 17.1 Å². The van der Waals surface area contributed by atoms with Crippen LogP contribution in [0.25, 0.3) is 0 Å². The summed E-state index contributed by atoms with van der Waals surface area (Å²) in [6.45, 7) is 6.95. The normalized spacial score (nSPS) is 13.6. The first kappa shape index (κ1) is 39.9.